The minimum atomic E-state index is -1.28. The van der Waals surface area contributed by atoms with Gasteiger partial charge in [-0.05, 0) is 42.2 Å². The van der Waals surface area contributed by atoms with E-state index in [4.69, 9.17) is 5.73 Å². The topological polar surface area (TPSA) is 171 Å². The molecule has 0 bridgehead atoms. The molecule has 3 aromatic rings. The van der Waals surface area contributed by atoms with E-state index in [1.165, 1.54) is 19.1 Å². The van der Waals surface area contributed by atoms with Gasteiger partial charge in [-0.1, -0.05) is 72.8 Å². The minimum Gasteiger partial charge on any atom is -0.508 e. The van der Waals surface area contributed by atoms with E-state index in [1.807, 2.05) is 36.4 Å². The van der Waals surface area contributed by atoms with Gasteiger partial charge < -0.3 is 31.9 Å². The van der Waals surface area contributed by atoms with Crippen molar-refractivity contribution in [2.24, 2.45) is 5.73 Å². The summed E-state index contributed by atoms with van der Waals surface area (Å²) in [6.07, 6.45) is 0.356. The van der Waals surface area contributed by atoms with E-state index < -0.39 is 47.9 Å². The van der Waals surface area contributed by atoms with Crippen molar-refractivity contribution in [3.63, 3.8) is 0 Å². The standard InChI is InChI=1S/C30H34N4O6/c1-19(32-28(37)24(31)16-20-8-4-2-5-9-20)27(36)33-25(17-21-10-6-3-7-11-21)29(38)34-26(30(39)40)18-22-12-14-23(35)15-13-22/h2-15,19,24-26,35H,16-18,31H2,1H3,(H,32,37)(H,33,36)(H,34,38)(H,39,40). The van der Waals surface area contributed by atoms with E-state index in [-0.39, 0.29) is 25.0 Å². The smallest absolute Gasteiger partial charge is 0.326 e. The Morgan fingerprint density at radius 3 is 1.68 bits per heavy atom. The average molecular weight is 547 g/mol. The van der Waals surface area contributed by atoms with Gasteiger partial charge in [-0.2, -0.15) is 0 Å². The molecular weight excluding hydrogens is 512 g/mol. The van der Waals surface area contributed by atoms with Gasteiger partial charge in [-0.25, -0.2) is 4.79 Å². The van der Waals surface area contributed by atoms with Crippen LogP contribution in [0.2, 0.25) is 0 Å². The van der Waals surface area contributed by atoms with E-state index >= 15 is 0 Å². The predicted octanol–water partition coefficient (Wildman–Crippen LogP) is 1.31. The molecule has 0 aliphatic carbocycles. The van der Waals surface area contributed by atoms with Gasteiger partial charge in [0.15, 0.2) is 0 Å². The Labute approximate surface area is 232 Å². The maximum Gasteiger partial charge on any atom is 0.326 e. The highest BCUT2D eigenvalue weighted by molar-refractivity contribution is 5.94. The molecule has 210 valence electrons. The molecule has 0 saturated carbocycles. The van der Waals surface area contributed by atoms with Crippen molar-refractivity contribution in [3.05, 3.63) is 102 Å². The summed E-state index contributed by atoms with van der Waals surface area (Å²) in [7, 11) is 0. The number of nitrogens with two attached hydrogens (primary N) is 1. The van der Waals surface area contributed by atoms with Gasteiger partial charge in [0.25, 0.3) is 0 Å². The maximum absolute atomic E-state index is 13.3. The van der Waals surface area contributed by atoms with Crippen molar-refractivity contribution in [2.45, 2.75) is 50.4 Å². The van der Waals surface area contributed by atoms with Crippen LogP contribution in [0.1, 0.15) is 23.6 Å². The van der Waals surface area contributed by atoms with Crippen LogP contribution in [0.15, 0.2) is 84.9 Å². The largest absolute Gasteiger partial charge is 0.508 e. The molecule has 10 nitrogen and oxygen atoms in total. The normalized spacial score (nSPS) is 13.8. The number of carbonyl (C=O) groups excluding carboxylic acids is 3. The molecule has 10 heteroatoms. The molecule has 0 heterocycles. The van der Waals surface area contributed by atoms with Crippen molar-refractivity contribution in [1.82, 2.24) is 16.0 Å². The van der Waals surface area contributed by atoms with Crippen molar-refractivity contribution in [1.29, 1.82) is 0 Å². The number of rotatable bonds is 13. The van der Waals surface area contributed by atoms with Crippen molar-refractivity contribution < 1.29 is 29.4 Å². The Morgan fingerprint density at radius 1 is 0.650 bits per heavy atom. The highest BCUT2D eigenvalue weighted by Gasteiger charge is 2.29. The van der Waals surface area contributed by atoms with E-state index in [2.05, 4.69) is 16.0 Å². The Morgan fingerprint density at radius 2 is 1.12 bits per heavy atom. The zero-order valence-electron chi connectivity index (χ0n) is 22.1. The van der Waals surface area contributed by atoms with Crippen LogP contribution >= 0.6 is 0 Å². The van der Waals surface area contributed by atoms with E-state index in [0.29, 0.717) is 5.56 Å². The van der Waals surface area contributed by atoms with E-state index in [0.717, 1.165) is 11.1 Å². The lowest BCUT2D eigenvalue weighted by atomic mass is 10.0. The third-order valence-electron chi connectivity index (χ3n) is 6.29. The number of aromatic hydroxyl groups is 1. The monoisotopic (exact) mass is 546 g/mol. The number of carboxylic acids is 1. The third-order valence-corrected chi connectivity index (χ3v) is 6.29. The quantitative estimate of drug-likeness (QED) is 0.188. The first-order chi connectivity index (χ1) is 19.1. The second-order valence-electron chi connectivity index (χ2n) is 9.55. The van der Waals surface area contributed by atoms with Crippen LogP contribution < -0.4 is 21.7 Å². The SMILES string of the molecule is CC(NC(=O)C(N)Cc1ccccc1)C(=O)NC(Cc1ccccc1)C(=O)NC(Cc1ccc(O)cc1)C(=O)O. The lowest BCUT2D eigenvalue weighted by Gasteiger charge is -2.24. The summed E-state index contributed by atoms with van der Waals surface area (Å²) in [6, 6.07) is 19.9. The van der Waals surface area contributed by atoms with Crippen LogP contribution in [0, 0.1) is 0 Å². The lowest BCUT2D eigenvalue weighted by Crippen LogP contribution is -2.57. The van der Waals surface area contributed by atoms with Gasteiger partial charge in [0.05, 0.1) is 6.04 Å². The summed E-state index contributed by atoms with van der Waals surface area (Å²) in [5, 5.41) is 26.9. The summed E-state index contributed by atoms with van der Waals surface area (Å²) in [6.45, 7) is 1.48. The molecule has 0 radical (unpaired) electrons. The molecule has 4 atom stereocenters. The minimum absolute atomic E-state index is 0.0287. The number of phenolic OH excluding ortho intramolecular Hbond substituents is 1. The highest BCUT2D eigenvalue weighted by Crippen LogP contribution is 2.12. The molecule has 0 saturated heterocycles. The molecule has 0 aromatic heterocycles. The molecule has 0 aliphatic heterocycles. The first-order valence-electron chi connectivity index (χ1n) is 12.9. The average Bonchev–Trinajstić information content (AvgIpc) is 2.94. The summed E-state index contributed by atoms with van der Waals surface area (Å²) >= 11 is 0. The number of aliphatic carboxylic acids is 1. The molecule has 0 aliphatic rings. The lowest BCUT2D eigenvalue weighted by molar-refractivity contribution is -0.142. The zero-order chi connectivity index (χ0) is 29.1. The molecule has 4 unspecified atom stereocenters. The number of hydrogen-bond donors (Lipinski definition) is 6. The fraction of sp³-hybridized carbons (Fsp3) is 0.267. The molecule has 7 N–H and O–H groups in total. The summed E-state index contributed by atoms with van der Waals surface area (Å²) in [5.41, 5.74) is 8.24. The molecule has 40 heavy (non-hydrogen) atoms. The zero-order valence-corrected chi connectivity index (χ0v) is 22.1. The maximum atomic E-state index is 13.3. The second kappa shape index (κ2) is 14.5. The third kappa shape index (κ3) is 9.25. The number of nitrogens with one attached hydrogen (secondary N) is 3. The molecule has 3 rings (SSSR count). The van der Waals surface area contributed by atoms with E-state index in [9.17, 15) is 29.4 Å². The fourth-order valence-corrected chi connectivity index (χ4v) is 4.04. The van der Waals surface area contributed by atoms with Gasteiger partial charge in [0, 0.05) is 12.8 Å². The summed E-state index contributed by atoms with van der Waals surface area (Å²) < 4.78 is 0. The van der Waals surface area contributed by atoms with Crippen LogP contribution in [0.4, 0.5) is 0 Å². The van der Waals surface area contributed by atoms with Crippen molar-refractivity contribution in [3.8, 4) is 5.75 Å². The molecule has 3 amide bonds. The van der Waals surface area contributed by atoms with Crippen LogP contribution in [0.25, 0.3) is 0 Å². The Balaban J connectivity index is 1.67. The van der Waals surface area contributed by atoms with Crippen molar-refractivity contribution in [2.75, 3.05) is 0 Å². The number of carboxylic acid groups (broad SMARTS) is 1. The van der Waals surface area contributed by atoms with Gasteiger partial charge in [0.1, 0.15) is 23.9 Å². The summed E-state index contributed by atoms with van der Waals surface area (Å²) in [5.74, 6) is -3.05. The Bertz CT molecular complexity index is 1280. The van der Waals surface area contributed by atoms with Gasteiger partial charge in [-0.15, -0.1) is 0 Å². The molecule has 0 spiro atoms. The molecular formula is C30H34N4O6. The highest BCUT2D eigenvalue weighted by atomic mass is 16.4. The first-order valence-corrected chi connectivity index (χ1v) is 12.9. The van der Waals surface area contributed by atoms with Crippen LogP contribution in [-0.4, -0.2) is 58.1 Å². The van der Waals surface area contributed by atoms with Gasteiger partial charge in [0.2, 0.25) is 17.7 Å². The number of hydrogen-bond acceptors (Lipinski definition) is 6. The van der Waals surface area contributed by atoms with E-state index in [1.54, 1.807) is 36.4 Å². The second-order valence-corrected chi connectivity index (χ2v) is 9.55. The van der Waals surface area contributed by atoms with Crippen LogP contribution in [-0.2, 0) is 38.4 Å². The van der Waals surface area contributed by atoms with Gasteiger partial charge in [-0.3, -0.25) is 14.4 Å². The summed E-state index contributed by atoms with van der Waals surface area (Å²) in [4.78, 5) is 50.8. The molecule has 0 fully saturated rings. The first kappa shape index (κ1) is 29.9. The van der Waals surface area contributed by atoms with Crippen molar-refractivity contribution >= 4 is 23.7 Å². The predicted molar refractivity (Wildman–Crippen MR) is 149 cm³/mol. The molecule has 3 aromatic carbocycles. The van der Waals surface area contributed by atoms with Gasteiger partial charge >= 0.3 is 5.97 Å². The number of benzene rings is 3. The number of amides is 3. The number of carbonyl (C=O) groups is 4. The Hall–Kier alpha value is -4.70. The Kier molecular flexibility index (Phi) is 10.8. The van der Waals surface area contributed by atoms with Crippen LogP contribution in [0.3, 0.4) is 0 Å². The number of phenols is 1. The van der Waals surface area contributed by atoms with Crippen LogP contribution in [0.5, 0.6) is 5.75 Å². The fourth-order valence-electron chi connectivity index (χ4n) is 4.04.